The van der Waals surface area contributed by atoms with E-state index in [1.807, 2.05) is 0 Å². The number of anilines is 1. The average molecular weight is 503 g/mol. The number of benzene rings is 2. The summed E-state index contributed by atoms with van der Waals surface area (Å²) in [6, 6.07) is 8.08. The topological polar surface area (TPSA) is 135 Å². The fourth-order valence-corrected chi connectivity index (χ4v) is 4.19. The van der Waals surface area contributed by atoms with Crippen LogP contribution in [0.4, 0.5) is 5.69 Å². The van der Waals surface area contributed by atoms with E-state index in [0.29, 0.717) is 11.5 Å². The third kappa shape index (κ3) is 5.02. The van der Waals surface area contributed by atoms with Crippen LogP contribution in [0.5, 0.6) is 11.5 Å². The van der Waals surface area contributed by atoms with Crippen LogP contribution < -0.4 is 31.8 Å². The number of para-hydroxylation sites is 1. The van der Waals surface area contributed by atoms with Crippen LogP contribution in [0.2, 0.25) is 5.02 Å². The van der Waals surface area contributed by atoms with Crippen LogP contribution in [-0.2, 0) is 16.1 Å². The number of nitrogens with two attached hydrogens (primary N) is 1. The normalized spacial score (nSPS) is 12.3. The first-order valence-corrected chi connectivity index (χ1v) is 11.0. The lowest BCUT2D eigenvalue weighted by Crippen LogP contribution is -2.50. The van der Waals surface area contributed by atoms with Gasteiger partial charge in [-0.3, -0.25) is 19.0 Å². The largest absolute Gasteiger partial charge is 0.495 e. The van der Waals surface area contributed by atoms with Gasteiger partial charge in [0.05, 0.1) is 35.8 Å². The number of rotatable bonds is 7. The molecule has 0 aliphatic carbocycles. The molecule has 186 valence electrons. The third-order valence-electron chi connectivity index (χ3n) is 5.48. The summed E-state index contributed by atoms with van der Waals surface area (Å²) < 4.78 is 12.4. The Bertz CT molecular complexity index is 1420. The molecular weight excluding hydrogens is 476 g/mol. The molecule has 0 saturated carbocycles. The van der Waals surface area contributed by atoms with Gasteiger partial charge in [0.1, 0.15) is 24.1 Å². The molecule has 0 fully saturated rings. The molecule has 10 nitrogen and oxygen atoms in total. The number of nitrogens with one attached hydrogen (secondary N) is 1. The van der Waals surface area contributed by atoms with E-state index in [9.17, 15) is 19.2 Å². The van der Waals surface area contributed by atoms with E-state index in [2.05, 4.69) is 5.32 Å². The van der Waals surface area contributed by atoms with E-state index >= 15 is 0 Å². The molecule has 0 saturated heterocycles. The zero-order chi connectivity index (χ0) is 26.1. The minimum absolute atomic E-state index is 0.167. The summed E-state index contributed by atoms with van der Waals surface area (Å²) in [6.45, 7) is 4.63. The van der Waals surface area contributed by atoms with E-state index in [1.165, 1.54) is 32.4 Å². The van der Waals surface area contributed by atoms with Crippen LogP contribution in [0.1, 0.15) is 26.8 Å². The lowest BCUT2D eigenvalue weighted by Gasteiger charge is -2.29. The lowest BCUT2D eigenvalue weighted by atomic mass is 9.86. The number of nitrogens with zero attached hydrogens (tertiary/aromatic N) is 2. The minimum Gasteiger partial charge on any atom is -0.495 e. The second-order valence-electron chi connectivity index (χ2n) is 8.97. The van der Waals surface area contributed by atoms with Gasteiger partial charge in [0.25, 0.3) is 5.56 Å². The molecule has 1 heterocycles. The fraction of sp³-hybridized carbons (Fsp3) is 0.333. The number of carbonyl (C=O) groups excluding carboxylic acids is 2. The number of aromatic nitrogens is 2. The highest BCUT2D eigenvalue weighted by Crippen LogP contribution is 2.36. The summed E-state index contributed by atoms with van der Waals surface area (Å²) >= 11 is 6.18. The van der Waals surface area contributed by atoms with Crippen molar-refractivity contribution in [2.24, 2.45) is 11.1 Å². The number of carbonyl (C=O) groups is 2. The predicted molar refractivity (Wildman–Crippen MR) is 133 cm³/mol. The number of hydrogen-bond donors (Lipinski definition) is 2. The van der Waals surface area contributed by atoms with Gasteiger partial charge < -0.3 is 20.5 Å². The summed E-state index contributed by atoms with van der Waals surface area (Å²) in [6.07, 6.45) is 0. The molecule has 3 N–H and O–H groups in total. The molecule has 2 aromatic carbocycles. The molecule has 1 unspecified atom stereocenters. The summed E-state index contributed by atoms with van der Waals surface area (Å²) in [5.41, 5.74) is 3.77. The molecule has 2 amide bonds. The highest BCUT2D eigenvalue weighted by Gasteiger charge is 2.35. The number of amides is 2. The Morgan fingerprint density at radius 1 is 1.09 bits per heavy atom. The number of fused-ring (bicyclic) bond motifs is 1. The van der Waals surface area contributed by atoms with Crippen molar-refractivity contribution in [3.63, 3.8) is 0 Å². The molecule has 0 radical (unpaired) electrons. The van der Waals surface area contributed by atoms with Crippen molar-refractivity contribution >= 4 is 40.0 Å². The second kappa shape index (κ2) is 9.83. The number of hydrogen-bond acceptors (Lipinski definition) is 6. The third-order valence-corrected chi connectivity index (χ3v) is 5.77. The van der Waals surface area contributed by atoms with E-state index in [0.717, 1.165) is 9.13 Å². The predicted octanol–water partition coefficient (Wildman–Crippen LogP) is 2.55. The first-order chi connectivity index (χ1) is 16.4. The van der Waals surface area contributed by atoms with Gasteiger partial charge in [-0.25, -0.2) is 9.36 Å². The van der Waals surface area contributed by atoms with Crippen molar-refractivity contribution < 1.29 is 19.1 Å². The van der Waals surface area contributed by atoms with E-state index in [-0.39, 0.29) is 21.6 Å². The summed E-state index contributed by atoms with van der Waals surface area (Å²) in [4.78, 5) is 52.1. The van der Waals surface area contributed by atoms with Crippen molar-refractivity contribution in [2.75, 3.05) is 19.5 Å². The molecule has 1 atom stereocenters. The standard InChI is InChI=1S/C24H27ClN4O6/c1-24(2,3)20(21(26)31)29-22(32)13-8-6-7-9-16(13)28(23(29)33)12-19(30)27-15-10-14(25)17(34-4)11-18(15)35-5/h6-11,20H,12H2,1-5H3,(H2,26,31)(H,27,30). The van der Waals surface area contributed by atoms with Gasteiger partial charge in [0.2, 0.25) is 11.8 Å². The van der Waals surface area contributed by atoms with Gasteiger partial charge in [-0.1, -0.05) is 44.5 Å². The average Bonchev–Trinajstić information content (AvgIpc) is 2.78. The molecule has 3 aromatic rings. The Kier molecular flexibility index (Phi) is 7.25. The van der Waals surface area contributed by atoms with Gasteiger partial charge in [-0.05, 0) is 23.6 Å². The number of ether oxygens (including phenoxy) is 2. The van der Waals surface area contributed by atoms with Gasteiger partial charge >= 0.3 is 5.69 Å². The zero-order valence-electron chi connectivity index (χ0n) is 20.0. The van der Waals surface area contributed by atoms with Crippen molar-refractivity contribution in [1.29, 1.82) is 0 Å². The molecule has 1 aromatic heterocycles. The summed E-state index contributed by atoms with van der Waals surface area (Å²) in [5.74, 6) is -0.771. The second-order valence-corrected chi connectivity index (χ2v) is 9.37. The quantitative estimate of drug-likeness (QED) is 0.509. The number of halogens is 1. The van der Waals surface area contributed by atoms with Crippen LogP contribution in [0.15, 0.2) is 46.0 Å². The van der Waals surface area contributed by atoms with Crippen LogP contribution in [-0.4, -0.2) is 35.2 Å². The van der Waals surface area contributed by atoms with Crippen molar-refractivity contribution in [3.8, 4) is 11.5 Å². The number of primary amides is 1. The Morgan fingerprint density at radius 2 is 1.71 bits per heavy atom. The Morgan fingerprint density at radius 3 is 2.29 bits per heavy atom. The highest BCUT2D eigenvalue weighted by atomic mass is 35.5. The van der Waals surface area contributed by atoms with Gasteiger partial charge in [-0.15, -0.1) is 0 Å². The smallest absolute Gasteiger partial charge is 0.332 e. The van der Waals surface area contributed by atoms with E-state index in [1.54, 1.807) is 39.0 Å². The van der Waals surface area contributed by atoms with Gasteiger partial charge in [0.15, 0.2) is 0 Å². The fourth-order valence-electron chi connectivity index (χ4n) is 3.95. The monoisotopic (exact) mass is 502 g/mol. The maximum Gasteiger partial charge on any atom is 0.332 e. The molecule has 3 rings (SSSR count). The van der Waals surface area contributed by atoms with Crippen molar-refractivity contribution in [1.82, 2.24) is 9.13 Å². The molecular formula is C24H27ClN4O6. The highest BCUT2D eigenvalue weighted by molar-refractivity contribution is 6.32. The molecule has 11 heteroatoms. The first-order valence-electron chi connectivity index (χ1n) is 10.7. The molecule has 35 heavy (non-hydrogen) atoms. The van der Waals surface area contributed by atoms with Crippen LogP contribution in [0.25, 0.3) is 10.9 Å². The SMILES string of the molecule is COc1cc(OC)c(NC(=O)Cn2c(=O)n(C(C(N)=O)C(C)(C)C)c(=O)c3ccccc32)cc1Cl. The Balaban J connectivity index is 2.14. The summed E-state index contributed by atoms with van der Waals surface area (Å²) in [7, 11) is 2.87. The Hall–Kier alpha value is -3.79. The van der Waals surface area contributed by atoms with Crippen LogP contribution >= 0.6 is 11.6 Å². The molecule has 0 spiro atoms. The van der Waals surface area contributed by atoms with Gasteiger partial charge in [-0.2, -0.15) is 0 Å². The minimum atomic E-state index is -1.23. The molecule has 0 aliphatic rings. The first kappa shape index (κ1) is 25.8. The van der Waals surface area contributed by atoms with E-state index < -0.39 is 41.1 Å². The maximum absolute atomic E-state index is 13.5. The zero-order valence-corrected chi connectivity index (χ0v) is 20.8. The van der Waals surface area contributed by atoms with Crippen molar-refractivity contribution in [2.45, 2.75) is 33.4 Å². The van der Waals surface area contributed by atoms with Crippen molar-refractivity contribution in [3.05, 3.63) is 62.3 Å². The number of methoxy groups -OCH3 is 2. The van der Waals surface area contributed by atoms with Gasteiger partial charge in [0, 0.05) is 6.07 Å². The van der Waals surface area contributed by atoms with Crippen LogP contribution in [0, 0.1) is 5.41 Å². The van der Waals surface area contributed by atoms with E-state index in [4.69, 9.17) is 26.8 Å². The molecule has 0 bridgehead atoms. The Labute approximate surface area is 206 Å². The lowest BCUT2D eigenvalue weighted by molar-refractivity contribution is -0.124. The maximum atomic E-state index is 13.5. The summed E-state index contributed by atoms with van der Waals surface area (Å²) in [5, 5.41) is 3.08. The van der Waals surface area contributed by atoms with Crippen LogP contribution in [0.3, 0.4) is 0 Å². The molecule has 0 aliphatic heterocycles.